The molecule has 142 valence electrons. The van der Waals surface area contributed by atoms with E-state index in [1.54, 1.807) is 25.3 Å². The van der Waals surface area contributed by atoms with Gasteiger partial charge in [-0.2, -0.15) is 5.26 Å². The molecule has 2 aromatic carbocycles. The van der Waals surface area contributed by atoms with E-state index in [9.17, 15) is 5.26 Å². The van der Waals surface area contributed by atoms with Gasteiger partial charge in [-0.15, -0.1) is 0 Å². The summed E-state index contributed by atoms with van der Waals surface area (Å²) in [5.41, 5.74) is 1.57. The molecule has 2 aliphatic rings. The summed E-state index contributed by atoms with van der Waals surface area (Å²) in [4.78, 5) is 0. The van der Waals surface area contributed by atoms with Crippen molar-refractivity contribution in [3.8, 4) is 34.8 Å². The van der Waals surface area contributed by atoms with Crippen LogP contribution >= 0.6 is 0 Å². The molecule has 0 amide bonds. The van der Waals surface area contributed by atoms with Crippen LogP contribution in [0, 0.1) is 22.7 Å². The second kappa shape index (κ2) is 7.16. The largest absolute Gasteiger partial charge is 0.493 e. The highest BCUT2D eigenvalue weighted by Gasteiger charge is 2.38. The Morgan fingerprint density at radius 3 is 2.71 bits per heavy atom. The summed E-state index contributed by atoms with van der Waals surface area (Å²) in [6, 6.07) is 11.2. The summed E-state index contributed by atoms with van der Waals surface area (Å²) in [5.74, 6) is 1.45. The second-order valence-electron chi connectivity index (χ2n) is 6.30. The highest BCUT2D eigenvalue weighted by molar-refractivity contribution is 5.85. The van der Waals surface area contributed by atoms with Crippen molar-refractivity contribution in [3.05, 3.63) is 54.1 Å². The quantitative estimate of drug-likeness (QED) is 0.799. The molecule has 7 heteroatoms. The van der Waals surface area contributed by atoms with Crippen molar-refractivity contribution in [2.45, 2.75) is 5.92 Å². The van der Waals surface area contributed by atoms with Crippen molar-refractivity contribution >= 4 is 5.90 Å². The van der Waals surface area contributed by atoms with E-state index in [2.05, 4.69) is 12.6 Å². The molecule has 1 N–H and O–H groups in total. The molecule has 0 saturated heterocycles. The number of benzene rings is 2. The number of nitriles is 1. The number of fused-ring (bicyclic) bond motifs is 2. The maximum Gasteiger partial charge on any atom is 0.231 e. The van der Waals surface area contributed by atoms with Crippen LogP contribution in [0.3, 0.4) is 0 Å². The van der Waals surface area contributed by atoms with E-state index >= 15 is 0 Å². The number of hydrogen-bond acceptors (Lipinski definition) is 7. The first kappa shape index (κ1) is 17.7. The van der Waals surface area contributed by atoms with Gasteiger partial charge in [-0.25, -0.2) is 0 Å². The van der Waals surface area contributed by atoms with Crippen LogP contribution in [0.25, 0.3) is 0 Å². The fraction of sp³-hybridized carbons (Fsp3) is 0.238. The first-order valence-corrected chi connectivity index (χ1v) is 8.67. The Balaban J connectivity index is 1.82. The number of rotatable bonds is 5. The monoisotopic (exact) mass is 378 g/mol. The summed E-state index contributed by atoms with van der Waals surface area (Å²) < 4.78 is 27.6. The van der Waals surface area contributed by atoms with Crippen LogP contribution < -0.4 is 23.7 Å². The van der Waals surface area contributed by atoms with Crippen molar-refractivity contribution in [2.24, 2.45) is 5.92 Å². The first-order valence-electron chi connectivity index (χ1n) is 8.67. The number of methoxy groups -OCH3 is 1. The Labute approximate surface area is 162 Å². The Kier molecular flexibility index (Phi) is 4.53. The molecule has 0 fully saturated rings. The molecule has 0 bridgehead atoms. The van der Waals surface area contributed by atoms with E-state index in [-0.39, 0.29) is 12.7 Å². The molecule has 0 radical (unpaired) electrons. The molecule has 2 heterocycles. The van der Waals surface area contributed by atoms with Crippen LogP contribution in [0.5, 0.6) is 28.7 Å². The molecule has 0 aliphatic carbocycles. The van der Waals surface area contributed by atoms with Crippen LogP contribution in [-0.4, -0.2) is 26.4 Å². The highest BCUT2D eigenvalue weighted by Crippen LogP contribution is 2.48. The average Bonchev–Trinajstić information content (AvgIpc) is 3.17. The molecular formula is C21H18N2O5. The maximum atomic E-state index is 9.72. The zero-order chi connectivity index (χ0) is 19.7. The van der Waals surface area contributed by atoms with E-state index < -0.39 is 11.8 Å². The van der Waals surface area contributed by atoms with Crippen molar-refractivity contribution in [1.29, 1.82) is 10.7 Å². The molecule has 2 aromatic rings. The van der Waals surface area contributed by atoms with Gasteiger partial charge in [-0.3, -0.25) is 5.41 Å². The third-order valence-corrected chi connectivity index (χ3v) is 4.72. The molecule has 28 heavy (non-hydrogen) atoms. The topological polar surface area (TPSA) is 93.8 Å². The van der Waals surface area contributed by atoms with Crippen LogP contribution in [0.4, 0.5) is 0 Å². The van der Waals surface area contributed by atoms with E-state index in [1.165, 1.54) is 0 Å². The third-order valence-electron chi connectivity index (χ3n) is 4.72. The van der Waals surface area contributed by atoms with Gasteiger partial charge in [0.1, 0.15) is 18.3 Å². The number of hydrogen-bond donors (Lipinski definition) is 1. The molecule has 2 atom stereocenters. The Hall–Kier alpha value is -3.66. The van der Waals surface area contributed by atoms with E-state index in [1.807, 2.05) is 18.2 Å². The predicted molar refractivity (Wildman–Crippen MR) is 101 cm³/mol. The first-order chi connectivity index (χ1) is 13.7. The minimum absolute atomic E-state index is 0.107. The lowest BCUT2D eigenvalue weighted by Gasteiger charge is -2.30. The van der Waals surface area contributed by atoms with E-state index in [0.29, 0.717) is 35.4 Å². The van der Waals surface area contributed by atoms with Gasteiger partial charge < -0.3 is 23.7 Å². The Bertz CT molecular complexity index is 995. The minimum atomic E-state index is -0.780. The van der Waals surface area contributed by atoms with Gasteiger partial charge in [0.15, 0.2) is 23.0 Å². The molecule has 2 unspecified atom stereocenters. The average molecular weight is 378 g/mol. The summed E-state index contributed by atoms with van der Waals surface area (Å²) in [7, 11) is 1.56. The Morgan fingerprint density at radius 1 is 1.21 bits per heavy atom. The smallest absolute Gasteiger partial charge is 0.231 e. The van der Waals surface area contributed by atoms with Crippen LogP contribution in [-0.2, 0) is 0 Å². The van der Waals surface area contributed by atoms with Gasteiger partial charge >= 0.3 is 0 Å². The molecule has 2 aliphatic heterocycles. The van der Waals surface area contributed by atoms with Crippen molar-refractivity contribution in [1.82, 2.24) is 0 Å². The number of nitrogens with zero attached hydrogens (tertiary/aromatic N) is 1. The lowest BCUT2D eigenvalue weighted by molar-refractivity contribution is 0.174. The molecule has 0 saturated carbocycles. The van der Waals surface area contributed by atoms with Gasteiger partial charge in [0.2, 0.25) is 12.7 Å². The normalized spacial score (nSPS) is 19.2. The van der Waals surface area contributed by atoms with Crippen molar-refractivity contribution in [2.75, 3.05) is 20.5 Å². The van der Waals surface area contributed by atoms with E-state index in [4.69, 9.17) is 29.1 Å². The van der Waals surface area contributed by atoms with Gasteiger partial charge in [-0.05, 0) is 23.8 Å². The number of nitrogens with one attached hydrogen (secondary N) is 1. The summed E-state index contributed by atoms with van der Waals surface area (Å²) >= 11 is 0. The molecular weight excluding hydrogens is 360 g/mol. The summed E-state index contributed by atoms with van der Waals surface area (Å²) in [6.07, 6.45) is 1.65. The zero-order valence-electron chi connectivity index (χ0n) is 15.2. The van der Waals surface area contributed by atoms with Gasteiger partial charge in [0.25, 0.3) is 0 Å². The van der Waals surface area contributed by atoms with E-state index in [0.717, 1.165) is 11.1 Å². The standard InChI is InChI=1S/C21H18N2O5/c1-3-6-25-15-5-4-12(7-17(15)24-2)20-13-8-18-19(27-11-26-18)9-16(13)28-21(23)14(20)10-22/h3-5,7-9,14,20,23H,1,6,11H2,2H3. The van der Waals surface area contributed by atoms with Gasteiger partial charge in [0, 0.05) is 17.5 Å². The van der Waals surface area contributed by atoms with Crippen molar-refractivity contribution < 1.29 is 23.7 Å². The second-order valence-corrected chi connectivity index (χ2v) is 6.30. The maximum absolute atomic E-state index is 9.72. The molecule has 7 nitrogen and oxygen atoms in total. The third kappa shape index (κ3) is 2.89. The van der Waals surface area contributed by atoms with Crippen LogP contribution in [0.1, 0.15) is 17.0 Å². The fourth-order valence-electron chi connectivity index (χ4n) is 3.43. The Morgan fingerprint density at radius 2 is 2.00 bits per heavy atom. The lowest BCUT2D eigenvalue weighted by Crippen LogP contribution is -2.30. The molecule has 4 rings (SSSR count). The summed E-state index contributed by atoms with van der Waals surface area (Å²) in [5, 5.41) is 17.9. The van der Waals surface area contributed by atoms with Gasteiger partial charge in [0.05, 0.1) is 13.2 Å². The SMILES string of the molecule is C=CCOc1ccc(C2c3cc4c(cc3OC(=N)C2C#N)OCO4)cc1OC. The predicted octanol–water partition coefficient (Wildman–Crippen LogP) is 3.63. The summed E-state index contributed by atoms with van der Waals surface area (Å²) in [6.45, 7) is 4.13. The molecule has 0 spiro atoms. The van der Waals surface area contributed by atoms with Gasteiger partial charge in [-0.1, -0.05) is 18.7 Å². The van der Waals surface area contributed by atoms with Crippen molar-refractivity contribution in [3.63, 3.8) is 0 Å². The molecule has 0 aromatic heterocycles. The fourth-order valence-corrected chi connectivity index (χ4v) is 3.43. The minimum Gasteiger partial charge on any atom is -0.493 e. The van der Waals surface area contributed by atoms with Crippen LogP contribution in [0.15, 0.2) is 43.0 Å². The van der Waals surface area contributed by atoms with Crippen LogP contribution in [0.2, 0.25) is 0 Å². The lowest BCUT2D eigenvalue weighted by atomic mass is 9.79. The zero-order valence-corrected chi connectivity index (χ0v) is 15.2. The highest BCUT2D eigenvalue weighted by atomic mass is 16.7. The number of ether oxygens (including phenoxy) is 5.